The van der Waals surface area contributed by atoms with Crippen LogP contribution < -0.4 is 15.4 Å². The zero-order valence-corrected chi connectivity index (χ0v) is 14.5. The van der Waals surface area contributed by atoms with Gasteiger partial charge in [0.1, 0.15) is 10.6 Å². The Bertz CT molecular complexity index is 819. The predicted molar refractivity (Wildman–Crippen MR) is 98.7 cm³/mol. The molecule has 3 rings (SSSR count). The molecule has 1 amide bonds. The van der Waals surface area contributed by atoms with Crippen LogP contribution in [0.1, 0.15) is 15.2 Å². The van der Waals surface area contributed by atoms with Gasteiger partial charge < -0.3 is 15.4 Å². The van der Waals surface area contributed by atoms with Crippen molar-refractivity contribution in [2.75, 3.05) is 19.0 Å². The number of nitrogens with one attached hydrogen (secondary N) is 2. The number of ether oxygens (including phenoxy) is 1. The van der Waals surface area contributed by atoms with Crippen molar-refractivity contribution in [1.29, 1.82) is 0 Å². The number of amides is 1. The number of benzene rings is 1. The van der Waals surface area contributed by atoms with Gasteiger partial charge in [0.15, 0.2) is 5.13 Å². The van der Waals surface area contributed by atoms with Gasteiger partial charge in [-0.3, -0.25) is 9.78 Å². The third-order valence-electron chi connectivity index (χ3n) is 3.52. The first-order valence-corrected chi connectivity index (χ1v) is 8.60. The summed E-state index contributed by atoms with van der Waals surface area (Å²) in [4.78, 5) is 21.0. The van der Waals surface area contributed by atoms with Crippen molar-refractivity contribution in [3.8, 4) is 5.75 Å². The first-order chi connectivity index (χ1) is 12.2. The molecule has 0 fully saturated rings. The third kappa shape index (κ3) is 4.77. The van der Waals surface area contributed by atoms with Crippen LogP contribution >= 0.6 is 11.3 Å². The molecule has 3 aromatic rings. The first-order valence-electron chi connectivity index (χ1n) is 7.78. The van der Waals surface area contributed by atoms with Crippen LogP contribution in [-0.4, -0.2) is 29.5 Å². The molecule has 25 heavy (non-hydrogen) atoms. The van der Waals surface area contributed by atoms with E-state index in [1.165, 1.54) is 11.3 Å². The highest BCUT2D eigenvalue weighted by atomic mass is 32.1. The van der Waals surface area contributed by atoms with E-state index < -0.39 is 0 Å². The Hall–Kier alpha value is -2.93. The molecule has 128 valence electrons. The van der Waals surface area contributed by atoms with E-state index in [2.05, 4.69) is 20.6 Å². The van der Waals surface area contributed by atoms with Gasteiger partial charge in [-0.15, -0.1) is 0 Å². The molecule has 0 aliphatic carbocycles. The molecule has 0 unspecified atom stereocenters. The summed E-state index contributed by atoms with van der Waals surface area (Å²) in [6.45, 7) is 0.566. The number of nitrogens with zero attached hydrogens (tertiary/aromatic N) is 2. The molecule has 0 saturated carbocycles. The second kappa shape index (κ2) is 8.25. The maximum Gasteiger partial charge on any atom is 0.263 e. The van der Waals surface area contributed by atoms with Gasteiger partial charge in [0.05, 0.1) is 13.3 Å². The summed E-state index contributed by atoms with van der Waals surface area (Å²) in [6, 6.07) is 11.5. The predicted octanol–water partition coefficient (Wildman–Crippen LogP) is 3.26. The number of methoxy groups -OCH3 is 1. The van der Waals surface area contributed by atoms with Crippen LogP contribution in [0.2, 0.25) is 0 Å². The summed E-state index contributed by atoms with van der Waals surface area (Å²) in [7, 11) is 1.64. The molecule has 0 aliphatic rings. The molecule has 6 nitrogen and oxygen atoms in total. The van der Waals surface area contributed by atoms with E-state index in [1.807, 2.05) is 36.4 Å². The minimum absolute atomic E-state index is 0.117. The Morgan fingerprint density at radius 1 is 1.16 bits per heavy atom. The van der Waals surface area contributed by atoms with Crippen molar-refractivity contribution in [3.05, 3.63) is 65.4 Å². The van der Waals surface area contributed by atoms with Crippen molar-refractivity contribution in [3.63, 3.8) is 0 Å². The number of hydrogen-bond acceptors (Lipinski definition) is 6. The Morgan fingerprint density at radius 2 is 1.92 bits per heavy atom. The fraction of sp³-hybridized carbons (Fsp3) is 0.167. The number of aromatic nitrogens is 2. The van der Waals surface area contributed by atoms with Crippen LogP contribution in [0.3, 0.4) is 0 Å². The van der Waals surface area contributed by atoms with Crippen molar-refractivity contribution in [1.82, 2.24) is 15.3 Å². The SMILES string of the molecule is COc1ccc(CCNC(=O)c2cnc(Nc3ccncc3)s2)cc1. The van der Waals surface area contributed by atoms with Crippen molar-refractivity contribution in [2.24, 2.45) is 0 Å². The minimum Gasteiger partial charge on any atom is -0.497 e. The molecule has 2 aromatic heterocycles. The maximum absolute atomic E-state index is 12.2. The molecule has 0 atom stereocenters. The summed E-state index contributed by atoms with van der Waals surface area (Å²) in [6.07, 6.45) is 5.74. The van der Waals surface area contributed by atoms with E-state index >= 15 is 0 Å². The molecular formula is C18H18N4O2S. The fourth-order valence-electron chi connectivity index (χ4n) is 2.20. The van der Waals surface area contributed by atoms with Crippen molar-refractivity contribution >= 4 is 28.1 Å². The van der Waals surface area contributed by atoms with Gasteiger partial charge in [-0.25, -0.2) is 4.98 Å². The lowest BCUT2D eigenvalue weighted by molar-refractivity contribution is 0.0958. The number of carbonyl (C=O) groups is 1. The molecule has 0 radical (unpaired) electrons. The van der Waals surface area contributed by atoms with Crippen LogP contribution in [0.5, 0.6) is 5.75 Å². The molecule has 0 aliphatic heterocycles. The average Bonchev–Trinajstić information content (AvgIpc) is 3.12. The van der Waals surface area contributed by atoms with Gasteiger partial charge in [0.25, 0.3) is 5.91 Å². The maximum atomic E-state index is 12.2. The highest BCUT2D eigenvalue weighted by molar-refractivity contribution is 7.17. The van der Waals surface area contributed by atoms with E-state index in [0.29, 0.717) is 16.6 Å². The lowest BCUT2D eigenvalue weighted by atomic mass is 10.1. The zero-order valence-electron chi connectivity index (χ0n) is 13.7. The second-order valence-corrected chi connectivity index (χ2v) is 6.28. The number of anilines is 2. The molecule has 0 bridgehead atoms. The Morgan fingerprint density at radius 3 is 2.64 bits per heavy atom. The highest BCUT2D eigenvalue weighted by Crippen LogP contribution is 2.22. The number of rotatable bonds is 7. The van der Waals surface area contributed by atoms with Crippen LogP contribution in [0, 0.1) is 0 Å². The van der Waals surface area contributed by atoms with Crippen LogP contribution in [-0.2, 0) is 6.42 Å². The van der Waals surface area contributed by atoms with Crippen LogP contribution in [0.15, 0.2) is 55.0 Å². The molecule has 2 N–H and O–H groups in total. The molecule has 1 aromatic carbocycles. The number of thiazole rings is 1. The van der Waals surface area contributed by atoms with E-state index in [1.54, 1.807) is 25.7 Å². The standard InChI is InChI=1S/C18H18N4O2S/c1-24-15-4-2-13(3-5-15)6-11-20-17(23)16-12-21-18(25-16)22-14-7-9-19-10-8-14/h2-5,7-10,12H,6,11H2,1H3,(H,20,23)(H,19,21,22). The zero-order chi connectivity index (χ0) is 17.5. The second-order valence-electron chi connectivity index (χ2n) is 5.24. The Labute approximate surface area is 149 Å². The summed E-state index contributed by atoms with van der Waals surface area (Å²) >= 11 is 1.32. The van der Waals surface area contributed by atoms with Crippen LogP contribution in [0.25, 0.3) is 0 Å². The molecule has 0 spiro atoms. The van der Waals surface area contributed by atoms with Gasteiger partial charge in [0, 0.05) is 24.6 Å². The van der Waals surface area contributed by atoms with E-state index in [9.17, 15) is 4.79 Å². The number of hydrogen-bond donors (Lipinski definition) is 2. The Kier molecular flexibility index (Phi) is 5.58. The van der Waals surface area contributed by atoms with Crippen molar-refractivity contribution in [2.45, 2.75) is 6.42 Å². The largest absolute Gasteiger partial charge is 0.497 e. The highest BCUT2D eigenvalue weighted by Gasteiger charge is 2.10. The number of pyridine rings is 1. The summed E-state index contributed by atoms with van der Waals surface area (Å²) < 4.78 is 5.13. The first kappa shape index (κ1) is 16.9. The van der Waals surface area contributed by atoms with E-state index in [0.717, 1.165) is 23.4 Å². The smallest absolute Gasteiger partial charge is 0.263 e. The lowest BCUT2D eigenvalue weighted by Gasteiger charge is -2.05. The van der Waals surface area contributed by atoms with Gasteiger partial charge in [-0.05, 0) is 36.2 Å². The fourth-order valence-corrected chi connectivity index (χ4v) is 2.95. The summed E-state index contributed by atoms with van der Waals surface area (Å²) in [5, 5.41) is 6.74. The Balaban J connectivity index is 1.49. The summed E-state index contributed by atoms with van der Waals surface area (Å²) in [5.41, 5.74) is 2.03. The quantitative estimate of drug-likeness (QED) is 0.681. The van der Waals surface area contributed by atoms with Gasteiger partial charge in [-0.2, -0.15) is 0 Å². The van der Waals surface area contributed by atoms with Crippen LogP contribution in [0.4, 0.5) is 10.8 Å². The average molecular weight is 354 g/mol. The third-order valence-corrected chi connectivity index (χ3v) is 4.43. The van der Waals surface area contributed by atoms with Gasteiger partial charge in [-0.1, -0.05) is 23.5 Å². The molecule has 0 saturated heterocycles. The molecule has 2 heterocycles. The van der Waals surface area contributed by atoms with E-state index in [-0.39, 0.29) is 5.91 Å². The van der Waals surface area contributed by atoms with Crippen molar-refractivity contribution < 1.29 is 9.53 Å². The molecular weight excluding hydrogens is 336 g/mol. The normalized spacial score (nSPS) is 10.3. The van der Waals surface area contributed by atoms with E-state index in [4.69, 9.17) is 4.74 Å². The monoisotopic (exact) mass is 354 g/mol. The van der Waals surface area contributed by atoms with Gasteiger partial charge in [0.2, 0.25) is 0 Å². The lowest BCUT2D eigenvalue weighted by Crippen LogP contribution is -2.24. The molecule has 7 heteroatoms. The summed E-state index contributed by atoms with van der Waals surface area (Å²) in [5.74, 6) is 0.709. The topological polar surface area (TPSA) is 76.1 Å². The minimum atomic E-state index is -0.117. The van der Waals surface area contributed by atoms with Gasteiger partial charge >= 0.3 is 0 Å². The number of carbonyl (C=O) groups excluding carboxylic acids is 1.